The molecule has 0 saturated heterocycles. The lowest BCUT2D eigenvalue weighted by Crippen LogP contribution is -2.24. The Bertz CT molecular complexity index is 416. The number of rotatable bonds is 9. The van der Waals surface area contributed by atoms with Crippen LogP contribution in [0.15, 0.2) is 10.6 Å². The highest BCUT2D eigenvalue weighted by Gasteiger charge is 2.05. The van der Waals surface area contributed by atoms with Gasteiger partial charge in [-0.15, -0.1) is 0 Å². The lowest BCUT2D eigenvalue weighted by molar-refractivity contribution is -0.137. The third kappa shape index (κ3) is 6.44. The van der Waals surface area contributed by atoms with Crippen molar-refractivity contribution in [2.24, 2.45) is 0 Å². The largest absolute Gasteiger partial charge is 0.481 e. The number of hydrogen-bond acceptors (Lipinski definition) is 5. The summed E-state index contributed by atoms with van der Waals surface area (Å²) in [4.78, 5) is 21.6. The second-order valence-corrected chi connectivity index (χ2v) is 4.04. The van der Waals surface area contributed by atoms with Gasteiger partial charge in [-0.05, 0) is 18.0 Å². The van der Waals surface area contributed by atoms with Gasteiger partial charge in [-0.2, -0.15) is 0 Å². The molecule has 1 amide bonds. The number of nitrogens with one attached hydrogen (secondary N) is 1. The Hall–Kier alpha value is -2.05. The van der Waals surface area contributed by atoms with Crippen molar-refractivity contribution in [1.29, 1.82) is 0 Å². The van der Waals surface area contributed by atoms with Crippen LogP contribution in [0.4, 0.5) is 0 Å². The average Bonchev–Trinajstić information content (AvgIpc) is 2.82. The van der Waals surface area contributed by atoms with Crippen LogP contribution in [0.2, 0.25) is 0 Å². The fraction of sp³-hybridized carbons (Fsp3) is 0.583. The number of aliphatic carboxylic acids is 1. The topological polar surface area (TPSA) is 102 Å². The molecular weight excluding hydrogens is 252 g/mol. The molecule has 0 radical (unpaired) electrons. The van der Waals surface area contributed by atoms with Crippen molar-refractivity contribution in [2.75, 3.05) is 13.7 Å². The fourth-order valence-corrected chi connectivity index (χ4v) is 1.49. The third-order valence-corrected chi connectivity index (χ3v) is 2.46. The van der Waals surface area contributed by atoms with E-state index in [4.69, 9.17) is 14.4 Å². The number of hydrogen-bond donors (Lipinski definition) is 2. The predicted molar refractivity (Wildman–Crippen MR) is 65.9 cm³/mol. The second-order valence-electron chi connectivity index (χ2n) is 4.04. The Morgan fingerprint density at radius 2 is 2.21 bits per heavy atom. The summed E-state index contributed by atoms with van der Waals surface area (Å²) in [6, 6.07) is 1.70. The van der Waals surface area contributed by atoms with E-state index >= 15 is 0 Å². The van der Waals surface area contributed by atoms with E-state index in [2.05, 4.69) is 10.5 Å². The van der Waals surface area contributed by atoms with E-state index in [1.165, 1.54) is 7.11 Å². The molecule has 0 aromatic carbocycles. The van der Waals surface area contributed by atoms with Crippen molar-refractivity contribution in [3.8, 4) is 5.88 Å². The molecule has 2 N–H and O–H groups in total. The number of aryl methyl sites for hydroxylation is 1. The van der Waals surface area contributed by atoms with E-state index in [1.54, 1.807) is 6.07 Å². The summed E-state index contributed by atoms with van der Waals surface area (Å²) in [6.45, 7) is 0.523. The molecule has 0 aliphatic rings. The standard InChI is InChI=1S/C12H18N2O5/c1-18-11-8-9(19-14-11)4-3-7-13-10(15)5-2-6-12(16)17/h8H,2-7H2,1H3,(H,13,15)(H,16,17). The number of carboxylic acid groups (broad SMARTS) is 1. The molecular formula is C12H18N2O5. The zero-order chi connectivity index (χ0) is 14.1. The Kier molecular flexibility index (Phi) is 6.42. The summed E-state index contributed by atoms with van der Waals surface area (Å²) < 4.78 is 9.88. The van der Waals surface area contributed by atoms with Gasteiger partial charge in [0.2, 0.25) is 5.91 Å². The number of carbonyl (C=O) groups is 2. The Labute approximate surface area is 110 Å². The molecule has 0 spiro atoms. The molecule has 0 fully saturated rings. The highest BCUT2D eigenvalue weighted by molar-refractivity contribution is 5.76. The lowest BCUT2D eigenvalue weighted by Gasteiger charge is -2.03. The maximum Gasteiger partial charge on any atom is 0.303 e. The molecule has 106 valence electrons. The highest BCUT2D eigenvalue weighted by Crippen LogP contribution is 2.11. The van der Waals surface area contributed by atoms with Crippen LogP contribution in [0.25, 0.3) is 0 Å². The molecule has 7 nitrogen and oxygen atoms in total. The van der Waals surface area contributed by atoms with E-state index in [0.29, 0.717) is 31.0 Å². The van der Waals surface area contributed by atoms with Gasteiger partial charge in [0.25, 0.3) is 5.88 Å². The zero-order valence-corrected chi connectivity index (χ0v) is 10.8. The van der Waals surface area contributed by atoms with Gasteiger partial charge >= 0.3 is 5.97 Å². The van der Waals surface area contributed by atoms with Crippen LogP contribution in [0.3, 0.4) is 0 Å². The molecule has 0 saturated carbocycles. The average molecular weight is 270 g/mol. The smallest absolute Gasteiger partial charge is 0.303 e. The molecule has 0 bridgehead atoms. The molecule has 1 rings (SSSR count). The number of aromatic nitrogens is 1. The van der Waals surface area contributed by atoms with E-state index in [0.717, 1.165) is 6.42 Å². The van der Waals surface area contributed by atoms with E-state index in [9.17, 15) is 9.59 Å². The minimum Gasteiger partial charge on any atom is -0.481 e. The summed E-state index contributed by atoms with van der Waals surface area (Å²) in [6.07, 6.45) is 2.00. The van der Waals surface area contributed by atoms with Gasteiger partial charge in [0.15, 0.2) is 0 Å². The lowest BCUT2D eigenvalue weighted by atomic mass is 10.2. The van der Waals surface area contributed by atoms with E-state index < -0.39 is 5.97 Å². The van der Waals surface area contributed by atoms with Crippen LogP contribution in [0, 0.1) is 0 Å². The summed E-state index contributed by atoms with van der Waals surface area (Å²) in [5.41, 5.74) is 0. The molecule has 0 unspecified atom stereocenters. The zero-order valence-electron chi connectivity index (χ0n) is 10.8. The van der Waals surface area contributed by atoms with Gasteiger partial charge < -0.3 is 19.7 Å². The van der Waals surface area contributed by atoms with E-state index in [1.807, 2.05) is 0 Å². The van der Waals surface area contributed by atoms with Crippen molar-refractivity contribution in [3.05, 3.63) is 11.8 Å². The fourth-order valence-electron chi connectivity index (χ4n) is 1.49. The number of ether oxygens (including phenoxy) is 1. The molecule has 1 aromatic heterocycles. The Morgan fingerprint density at radius 3 is 2.84 bits per heavy atom. The van der Waals surface area contributed by atoms with E-state index in [-0.39, 0.29) is 18.7 Å². The van der Waals surface area contributed by atoms with Crippen molar-refractivity contribution >= 4 is 11.9 Å². The van der Waals surface area contributed by atoms with Crippen molar-refractivity contribution in [1.82, 2.24) is 10.5 Å². The van der Waals surface area contributed by atoms with Crippen LogP contribution >= 0.6 is 0 Å². The molecule has 1 heterocycles. The van der Waals surface area contributed by atoms with Crippen molar-refractivity contribution in [3.63, 3.8) is 0 Å². The predicted octanol–water partition coefficient (Wildman–Crippen LogP) is 0.987. The van der Waals surface area contributed by atoms with Crippen molar-refractivity contribution in [2.45, 2.75) is 32.1 Å². The maximum atomic E-state index is 11.3. The maximum absolute atomic E-state index is 11.3. The van der Waals surface area contributed by atoms with Crippen LogP contribution in [-0.4, -0.2) is 35.8 Å². The minimum atomic E-state index is -0.882. The normalized spacial score (nSPS) is 10.2. The summed E-state index contributed by atoms with van der Waals surface area (Å²) in [5, 5.41) is 14.8. The quantitative estimate of drug-likeness (QED) is 0.649. The van der Waals surface area contributed by atoms with Crippen LogP contribution in [-0.2, 0) is 16.0 Å². The van der Waals surface area contributed by atoms with Crippen molar-refractivity contribution < 1.29 is 24.0 Å². The summed E-state index contributed by atoms with van der Waals surface area (Å²) in [5.74, 6) is 0.133. The minimum absolute atomic E-state index is 0.0191. The first-order valence-corrected chi connectivity index (χ1v) is 6.10. The number of nitrogens with zero attached hydrogens (tertiary/aromatic N) is 1. The third-order valence-electron chi connectivity index (χ3n) is 2.46. The monoisotopic (exact) mass is 270 g/mol. The summed E-state index contributed by atoms with van der Waals surface area (Å²) >= 11 is 0. The first-order valence-electron chi connectivity index (χ1n) is 6.10. The molecule has 1 aromatic rings. The molecule has 19 heavy (non-hydrogen) atoms. The van der Waals surface area contributed by atoms with Crippen LogP contribution in [0.5, 0.6) is 5.88 Å². The molecule has 7 heteroatoms. The first-order chi connectivity index (χ1) is 9.11. The highest BCUT2D eigenvalue weighted by atomic mass is 16.5. The molecule has 0 aliphatic heterocycles. The number of amides is 1. The van der Waals surface area contributed by atoms with Crippen LogP contribution < -0.4 is 10.1 Å². The first kappa shape index (κ1) is 15.0. The second kappa shape index (κ2) is 8.12. The van der Waals surface area contributed by atoms with Gasteiger partial charge in [-0.3, -0.25) is 9.59 Å². The molecule has 0 aliphatic carbocycles. The van der Waals surface area contributed by atoms with Gasteiger partial charge in [-0.1, -0.05) is 0 Å². The molecule has 0 atom stereocenters. The van der Waals surface area contributed by atoms with Gasteiger partial charge in [0.05, 0.1) is 7.11 Å². The number of methoxy groups -OCH3 is 1. The summed E-state index contributed by atoms with van der Waals surface area (Å²) in [7, 11) is 1.51. The Balaban J connectivity index is 2.06. The Morgan fingerprint density at radius 1 is 1.42 bits per heavy atom. The van der Waals surface area contributed by atoms with Gasteiger partial charge in [0.1, 0.15) is 5.76 Å². The van der Waals surface area contributed by atoms with Gasteiger partial charge in [0, 0.05) is 31.9 Å². The number of carbonyl (C=O) groups excluding carboxylic acids is 1. The van der Waals surface area contributed by atoms with Gasteiger partial charge in [-0.25, -0.2) is 0 Å². The van der Waals surface area contributed by atoms with Crippen LogP contribution in [0.1, 0.15) is 31.4 Å². The SMILES string of the molecule is COc1cc(CCCNC(=O)CCCC(=O)O)on1. The number of carboxylic acids is 1.